The molecule has 9 heteroatoms. The minimum atomic E-state index is -4.58. The standard InChI is InChI=1S/C45H91N2O6P/c1-6-8-10-12-14-16-18-20-21-22-23-24-25-27-29-31-33-35-37-39-45(49)46-43(42-53-54(50,51)52-41-40-47(3,4)5)44(48)38-36-34-32-30-28-26-19-17-15-13-11-9-7-2/h36,38,43-44,48H,6-35,37,39-42H2,1-5H3,(H-,46,49,50,51)/b38-36+. The second kappa shape index (κ2) is 37.8. The van der Waals surface area contributed by atoms with E-state index in [1.807, 2.05) is 27.2 Å². The Labute approximate surface area is 335 Å². The van der Waals surface area contributed by atoms with E-state index in [9.17, 15) is 19.4 Å². The van der Waals surface area contributed by atoms with Gasteiger partial charge in [0.05, 0.1) is 39.9 Å². The highest BCUT2D eigenvalue weighted by atomic mass is 31.2. The number of nitrogens with one attached hydrogen (secondary N) is 1. The Morgan fingerprint density at radius 1 is 0.630 bits per heavy atom. The molecule has 3 atom stereocenters. The zero-order valence-electron chi connectivity index (χ0n) is 36.4. The fraction of sp³-hybridized carbons (Fsp3) is 0.933. The van der Waals surface area contributed by atoms with E-state index in [1.165, 1.54) is 161 Å². The molecule has 0 spiro atoms. The molecule has 0 saturated heterocycles. The van der Waals surface area contributed by atoms with Crippen LogP contribution in [-0.2, 0) is 18.4 Å². The first-order valence-corrected chi connectivity index (χ1v) is 24.5. The molecule has 0 heterocycles. The molecule has 2 N–H and O–H groups in total. The Hall–Kier alpha value is -0.760. The molecule has 54 heavy (non-hydrogen) atoms. The molecule has 0 aromatic rings. The van der Waals surface area contributed by atoms with Crippen LogP contribution in [0.25, 0.3) is 0 Å². The van der Waals surface area contributed by atoms with Crippen LogP contribution in [0.1, 0.15) is 219 Å². The number of carbonyl (C=O) groups excluding carboxylic acids is 1. The molecular weight excluding hydrogens is 695 g/mol. The first kappa shape index (κ1) is 53.2. The molecule has 0 bridgehead atoms. The predicted octanol–water partition coefficient (Wildman–Crippen LogP) is 12.1. The molecule has 0 aromatic heterocycles. The number of likely N-dealkylation sites (N-methyl/N-ethyl adjacent to an activating group) is 1. The molecule has 3 unspecified atom stereocenters. The van der Waals surface area contributed by atoms with Gasteiger partial charge in [-0.25, -0.2) is 0 Å². The zero-order valence-corrected chi connectivity index (χ0v) is 37.3. The smallest absolute Gasteiger partial charge is 0.268 e. The van der Waals surface area contributed by atoms with Gasteiger partial charge in [0, 0.05) is 6.42 Å². The summed E-state index contributed by atoms with van der Waals surface area (Å²) in [6, 6.07) is -0.879. The maximum absolute atomic E-state index is 12.9. The maximum atomic E-state index is 12.9. The van der Waals surface area contributed by atoms with Gasteiger partial charge in [-0.3, -0.25) is 9.36 Å². The van der Waals surface area contributed by atoms with Crippen molar-refractivity contribution >= 4 is 13.7 Å². The van der Waals surface area contributed by atoms with E-state index in [1.54, 1.807) is 6.08 Å². The van der Waals surface area contributed by atoms with Crippen molar-refractivity contribution in [2.45, 2.75) is 231 Å². The van der Waals surface area contributed by atoms with Gasteiger partial charge in [0.1, 0.15) is 13.2 Å². The van der Waals surface area contributed by atoms with Gasteiger partial charge >= 0.3 is 0 Å². The molecule has 0 aromatic carbocycles. The summed E-state index contributed by atoms with van der Waals surface area (Å²) in [5, 5.41) is 13.8. The molecule has 0 aliphatic rings. The topological polar surface area (TPSA) is 108 Å². The number of phosphoric ester groups is 1. The number of allylic oxidation sites excluding steroid dienone is 1. The predicted molar refractivity (Wildman–Crippen MR) is 229 cm³/mol. The van der Waals surface area contributed by atoms with Crippen LogP contribution in [-0.4, -0.2) is 68.5 Å². The van der Waals surface area contributed by atoms with Crippen LogP contribution in [0.4, 0.5) is 0 Å². The minimum absolute atomic E-state index is 0.00210. The summed E-state index contributed by atoms with van der Waals surface area (Å²) in [5.41, 5.74) is 0. The van der Waals surface area contributed by atoms with Gasteiger partial charge < -0.3 is 28.8 Å². The molecule has 0 aliphatic carbocycles. The number of hydrogen-bond donors (Lipinski definition) is 2. The molecule has 8 nitrogen and oxygen atoms in total. The van der Waals surface area contributed by atoms with Gasteiger partial charge in [-0.1, -0.05) is 206 Å². The summed E-state index contributed by atoms with van der Waals surface area (Å²) in [6.45, 7) is 4.66. The number of carbonyl (C=O) groups is 1. The summed E-state index contributed by atoms with van der Waals surface area (Å²) in [4.78, 5) is 25.3. The van der Waals surface area contributed by atoms with Crippen LogP contribution >= 0.6 is 7.82 Å². The zero-order chi connectivity index (χ0) is 40.0. The Kier molecular flexibility index (Phi) is 37.3. The van der Waals surface area contributed by atoms with Gasteiger partial charge in [-0.2, -0.15) is 0 Å². The summed E-state index contributed by atoms with van der Waals surface area (Å²) in [5.74, 6) is -0.194. The third-order valence-corrected chi connectivity index (χ3v) is 11.5. The largest absolute Gasteiger partial charge is 0.756 e. The highest BCUT2D eigenvalue weighted by Crippen LogP contribution is 2.38. The minimum Gasteiger partial charge on any atom is -0.756 e. The monoisotopic (exact) mass is 787 g/mol. The Morgan fingerprint density at radius 3 is 1.39 bits per heavy atom. The fourth-order valence-corrected chi connectivity index (χ4v) is 7.52. The quantitative estimate of drug-likeness (QED) is 0.0276. The van der Waals surface area contributed by atoms with Crippen molar-refractivity contribution in [2.75, 3.05) is 40.9 Å². The summed E-state index contributed by atoms with van der Waals surface area (Å²) in [6.07, 6.45) is 42.5. The second-order valence-electron chi connectivity index (χ2n) is 17.1. The second-order valence-corrected chi connectivity index (χ2v) is 18.5. The van der Waals surface area contributed by atoms with Crippen LogP contribution in [0.3, 0.4) is 0 Å². The maximum Gasteiger partial charge on any atom is 0.268 e. The van der Waals surface area contributed by atoms with Crippen molar-refractivity contribution < 1.29 is 32.9 Å². The number of nitrogens with zero attached hydrogens (tertiary/aromatic N) is 1. The van der Waals surface area contributed by atoms with Gasteiger partial charge in [0.25, 0.3) is 7.82 Å². The average Bonchev–Trinajstić information content (AvgIpc) is 3.12. The van der Waals surface area contributed by atoms with Crippen LogP contribution in [0.2, 0.25) is 0 Å². The van der Waals surface area contributed by atoms with Gasteiger partial charge in [0.2, 0.25) is 5.91 Å². The first-order chi connectivity index (χ1) is 26.0. The molecule has 0 fully saturated rings. The normalized spacial score (nSPS) is 14.4. The lowest BCUT2D eigenvalue weighted by Crippen LogP contribution is -2.45. The number of hydrogen-bond acceptors (Lipinski definition) is 6. The Balaban J connectivity index is 4.32. The number of aliphatic hydroxyl groups is 1. The summed E-state index contributed by atoms with van der Waals surface area (Å²) >= 11 is 0. The van der Waals surface area contributed by atoms with Crippen molar-refractivity contribution in [1.82, 2.24) is 5.32 Å². The molecule has 1 amide bonds. The Morgan fingerprint density at radius 2 is 1.00 bits per heavy atom. The summed E-state index contributed by atoms with van der Waals surface area (Å²) in [7, 11) is 1.27. The van der Waals surface area contributed by atoms with Gasteiger partial charge in [-0.05, 0) is 19.3 Å². The van der Waals surface area contributed by atoms with Crippen LogP contribution < -0.4 is 10.2 Å². The van der Waals surface area contributed by atoms with Crippen LogP contribution in [0.15, 0.2) is 12.2 Å². The molecule has 0 radical (unpaired) electrons. The summed E-state index contributed by atoms with van der Waals surface area (Å²) < 4.78 is 23.2. The van der Waals surface area contributed by atoms with Crippen LogP contribution in [0, 0.1) is 0 Å². The van der Waals surface area contributed by atoms with E-state index in [-0.39, 0.29) is 19.1 Å². The van der Waals surface area contributed by atoms with Crippen molar-refractivity contribution in [1.29, 1.82) is 0 Å². The molecule has 0 aliphatic heterocycles. The van der Waals surface area contributed by atoms with Crippen LogP contribution in [0.5, 0.6) is 0 Å². The number of rotatable bonds is 42. The van der Waals surface area contributed by atoms with Crippen molar-refractivity contribution in [3.8, 4) is 0 Å². The van der Waals surface area contributed by atoms with Crippen molar-refractivity contribution in [2.24, 2.45) is 0 Å². The van der Waals surface area contributed by atoms with E-state index < -0.39 is 20.0 Å². The Bertz CT molecular complexity index is 896. The number of phosphoric acid groups is 1. The highest BCUT2D eigenvalue weighted by molar-refractivity contribution is 7.45. The van der Waals surface area contributed by atoms with Gasteiger partial charge in [-0.15, -0.1) is 0 Å². The lowest BCUT2D eigenvalue weighted by molar-refractivity contribution is -0.870. The SMILES string of the molecule is CCCCCCCCCCCCC/C=C/C(O)C(COP(=O)([O-])OCC[N+](C)(C)C)NC(=O)CCCCCCCCCCCCCCCCCCCCC. The van der Waals surface area contributed by atoms with E-state index in [0.717, 1.165) is 38.5 Å². The number of aliphatic hydroxyl groups excluding tert-OH is 1. The van der Waals surface area contributed by atoms with E-state index in [0.29, 0.717) is 17.4 Å². The third-order valence-electron chi connectivity index (χ3n) is 10.5. The number of amides is 1. The first-order valence-electron chi connectivity index (χ1n) is 23.1. The lowest BCUT2D eigenvalue weighted by Gasteiger charge is -2.29. The third kappa shape index (κ3) is 39.5. The molecule has 0 rings (SSSR count). The van der Waals surface area contributed by atoms with Crippen molar-refractivity contribution in [3.63, 3.8) is 0 Å². The van der Waals surface area contributed by atoms with Gasteiger partial charge in [0.15, 0.2) is 0 Å². The molecule has 322 valence electrons. The van der Waals surface area contributed by atoms with Crippen molar-refractivity contribution in [3.05, 3.63) is 12.2 Å². The number of unbranched alkanes of at least 4 members (excludes halogenated alkanes) is 29. The van der Waals surface area contributed by atoms with E-state index in [4.69, 9.17) is 9.05 Å². The van der Waals surface area contributed by atoms with E-state index in [2.05, 4.69) is 19.2 Å². The van der Waals surface area contributed by atoms with E-state index >= 15 is 0 Å². The highest BCUT2D eigenvalue weighted by Gasteiger charge is 2.23. The molecule has 0 saturated carbocycles. The molecular formula is C45H91N2O6P. The number of quaternary nitrogens is 1. The lowest BCUT2D eigenvalue weighted by atomic mass is 10.0. The fourth-order valence-electron chi connectivity index (χ4n) is 6.80. The average molecular weight is 787 g/mol.